The fourth-order valence-corrected chi connectivity index (χ4v) is 3.47. The Morgan fingerprint density at radius 3 is 2.32 bits per heavy atom. The topological polar surface area (TPSA) is 64.6 Å². The summed E-state index contributed by atoms with van der Waals surface area (Å²) >= 11 is 3.22. The summed E-state index contributed by atoms with van der Waals surface area (Å²) in [5.41, 5.74) is 0.722. The van der Waals surface area contributed by atoms with Gasteiger partial charge in [-0.2, -0.15) is 0 Å². The van der Waals surface area contributed by atoms with E-state index < -0.39 is 10.0 Å². The van der Waals surface area contributed by atoms with Crippen molar-refractivity contribution in [1.82, 2.24) is 4.72 Å². The standard InChI is InChI=1S/C12H16BrNO4S/c1-8(2)7-14-19(15,16)12-6-11(18-4)10(17-3)5-9(12)13/h5-6,14H,1,7H2,2-4H3. The number of nitrogens with one attached hydrogen (secondary N) is 1. The van der Waals surface area contributed by atoms with E-state index in [9.17, 15) is 8.42 Å². The van der Waals surface area contributed by atoms with Crippen LogP contribution in [0.3, 0.4) is 0 Å². The second-order valence-electron chi connectivity index (χ2n) is 3.92. The van der Waals surface area contributed by atoms with Gasteiger partial charge < -0.3 is 9.47 Å². The summed E-state index contributed by atoms with van der Waals surface area (Å²) in [4.78, 5) is 0.0893. The van der Waals surface area contributed by atoms with Gasteiger partial charge >= 0.3 is 0 Å². The minimum absolute atomic E-state index is 0.0893. The van der Waals surface area contributed by atoms with Crippen LogP contribution in [0.25, 0.3) is 0 Å². The fraction of sp³-hybridized carbons (Fsp3) is 0.333. The van der Waals surface area contributed by atoms with Crippen LogP contribution < -0.4 is 14.2 Å². The van der Waals surface area contributed by atoms with E-state index in [0.717, 1.165) is 5.57 Å². The van der Waals surface area contributed by atoms with Crippen LogP contribution in [-0.2, 0) is 10.0 Å². The Morgan fingerprint density at radius 1 is 1.32 bits per heavy atom. The lowest BCUT2D eigenvalue weighted by Gasteiger charge is -2.13. The first-order chi connectivity index (χ1) is 8.81. The minimum Gasteiger partial charge on any atom is -0.493 e. The van der Waals surface area contributed by atoms with Crippen LogP contribution in [0.5, 0.6) is 11.5 Å². The molecule has 5 nitrogen and oxygen atoms in total. The highest BCUT2D eigenvalue weighted by molar-refractivity contribution is 9.10. The Bertz CT molecular complexity index is 584. The van der Waals surface area contributed by atoms with Crippen molar-refractivity contribution >= 4 is 26.0 Å². The fourth-order valence-electron chi connectivity index (χ4n) is 1.34. The third kappa shape index (κ3) is 3.95. The Balaban J connectivity index is 3.23. The van der Waals surface area contributed by atoms with E-state index in [4.69, 9.17) is 9.47 Å². The third-order valence-corrected chi connectivity index (χ3v) is 4.65. The number of sulfonamides is 1. The van der Waals surface area contributed by atoms with Crippen molar-refractivity contribution in [2.75, 3.05) is 20.8 Å². The van der Waals surface area contributed by atoms with E-state index in [2.05, 4.69) is 27.2 Å². The van der Waals surface area contributed by atoms with E-state index in [1.54, 1.807) is 13.0 Å². The molecule has 0 heterocycles. The number of halogens is 1. The second-order valence-corrected chi connectivity index (χ2v) is 6.51. The van der Waals surface area contributed by atoms with Gasteiger partial charge in [0, 0.05) is 17.1 Å². The lowest BCUT2D eigenvalue weighted by molar-refractivity contribution is 0.353. The zero-order valence-electron chi connectivity index (χ0n) is 11.0. The van der Waals surface area contributed by atoms with Crippen molar-refractivity contribution in [1.29, 1.82) is 0 Å². The number of ether oxygens (including phenoxy) is 2. The summed E-state index contributed by atoms with van der Waals surface area (Å²) in [7, 11) is -0.705. The van der Waals surface area contributed by atoms with Crippen LogP contribution in [0.4, 0.5) is 0 Å². The highest BCUT2D eigenvalue weighted by atomic mass is 79.9. The van der Waals surface area contributed by atoms with Crippen molar-refractivity contribution in [3.05, 3.63) is 28.8 Å². The third-order valence-electron chi connectivity index (χ3n) is 2.29. The van der Waals surface area contributed by atoms with E-state index in [-0.39, 0.29) is 11.4 Å². The van der Waals surface area contributed by atoms with Gasteiger partial charge in [0.25, 0.3) is 0 Å². The van der Waals surface area contributed by atoms with Crippen molar-refractivity contribution in [2.45, 2.75) is 11.8 Å². The normalized spacial score (nSPS) is 11.2. The average Bonchev–Trinajstić information content (AvgIpc) is 2.35. The molecule has 1 aromatic carbocycles. The molecule has 0 amide bonds. The number of hydrogen-bond acceptors (Lipinski definition) is 4. The largest absolute Gasteiger partial charge is 0.493 e. The highest BCUT2D eigenvalue weighted by Gasteiger charge is 2.20. The summed E-state index contributed by atoms with van der Waals surface area (Å²) in [5, 5.41) is 0. The molecule has 0 saturated heterocycles. The Morgan fingerprint density at radius 2 is 1.84 bits per heavy atom. The molecule has 0 radical (unpaired) electrons. The summed E-state index contributed by atoms with van der Waals surface area (Å²) in [6.45, 7) is 5.58. The van der Waals surface area contributed by atoms with E-state index in [1.807, 2.05) is 0 Å². The maximum atomic E-state index is 12.1. The molecule has 0 aliphatic heterocycles. The molecule has 1 rings (SSSR count). The summed E-state index contributed by atoms with van der Waals surface area (Å²) < 4.78 is 37.3. The lowest BCUT2D eigenvalue weighted by atomic mass is 10.3. The van der Waals surface area contributed by atoms with Gasteiger partial charge in [0.1, 0.15) is 4.90 Å². The molecule has 0 bridgehead atoms. The molecule has 0 aliphatic carbocycles. The quantitative estimate of drug-likeness (QED) is 0.800. The van der Waals surface area contributed by atoms with Crippen LogP contribution in [-0.4, -0.2) is 29.2 Å². The SMILES string of the molecule is C=C(C)CNS(=O)(=O)c1cc(OC)c(OC)cc1Br. The Hall–Kier alpha value is -1.05. The van der Waals surface area contributed by atoms with Gasteiger partial charge in [0.05, 0.1) is 14.2 Å². The van der Waals surface area contributed by atoms with Gasteiger partial charge in [-0.1, -0.05) is 12.2 Å². The molecule has 19 heavy (non-hydrogen) atoms. The number of hydrogen-bond donors (Lipinski definition) is 1. The molecular formula is C12H16BrNO4S. The molecular weight excluding hydrogens is 334 g/mol. The van der Waals surface area contributed by atoms with Crippen LogP contribution in [0, 0.1) is 0 Å². The molecule has 7 heteroatoms. The average molecular weight is 350 g/mol. The smallest absolute Gasteiger partial charge is 0.242 e. The van der Waals surface area contributed by atoms with Crippen LogP contribution in [0.2, 0.25) is 0 Å². The summed E-state index contributed by atoms with van der Waals surface area (Å²) in [6.07, 6.45) is 0. The predicted molar refractivity (Wildman–Crippen MR) is 77.2 cm³/mol. The molecule has 106 valence electrons. The maximum Gasteiger partial charge on any atom is 0.242 e. The van der Waals surface area contributed by atoms with Gasteiger partial charge in [-0.3, -0.25) is 0 Å². The maximum absolute atomic E-state index is 12.1. The number of benzene rings is 1. The van der Waals surface area contributed by atoms with Crippen molar-refractivity contribution in [3.8, 4) is 11.5 Å². The van der Waals surface area contributed by atoms with Crippen molar-refractivity contribution < 1.29 is 17.9 Å². The second kappa shape index (κ2) is 6.40. The molecule has 1 aromatic rings. The zero-order chi connectivity index (χ0) is 14.6. The minimum atomic E-state index is -3.64. The van der Waals surface area contributed by atoms with Gasteiger partial charge in [0.15, 0.2) is 11.5 Å². The van der Waals surface area contributed by atoms with Gasteiger partial charge in [0.2, 0.25) is 10.0 Å². The van der Waals surface area contributed by atoms with Gasteiger partial charge in [-0.25, -0.2) is 13.1 Å². The van der Waals surface area contributed by atoms with Crippen molar-refractivity contribution in [2.24, 2.45) is 0 Å². The van der Waals surface area contributed by atoms with Gasteiger partial charge in [-0.05, 0) is 28.9 Å². The van der Waals surface area contributed by atoms with E-state index in [0.29, 0.717) is 16.0 Å². The Kier molecular flexibility index (Phi) is 5.39. The lowest BCUT2D eigenvalue weighted by Crippen LogP contribution is -2.25. The summed E-state index contributed by atoms with van der Waals surface area (Å²) in [6, 6.07) is 2.96. The first-order valence-electron chi connectivity index (χ1n) is 5.37. The number of rotatable bonds is 6. The summed E-state index contributed by atoms with van der Waals surface area (Å²) in [5.74, 6) is 0.801. The molecule has 0 atom stereocenters. The molecule has 0 aromatic heterocycles. The van der Waals surface area contributed by atoms with E-state index >= 15 is 0 Å². The number of methoxy groups -OCH3 is 2. The van der Waals surface area contributed by atoms with Crippen LogP contribution in [0.1, 0.15) is 6.92 Å². The molecule has 0 aliphatic rings. The Labute approximate surface area is 121 Å². The first-order valence-corrected chi connectivity index (χ1v) is 7.65. The van der Waals surface area contributed by atoms with Crippen LogP contribution >= 0.6 is 15.9 Å². The molecule has 0 spiro atoms. The van der Waals surface area contributed by atoms with Crippen molar-refractivity contribution in [3.63, 3.8) is 0 Å². The zero-order valence-corrected chi connectivity index (χ0v) is 13.4. The van der Waals surface area contributed by atoms with E-state index in [1.165, 1.54) is 20.3 Å². The van der Waals surface area contributed by atoms with Gasteiger partial charge in [-0.15, -0.1) is 0 Å². The van der Waals surface area contributed by atoms with Crippen LogP contribution in [0.15, 0.2) is 33.7 Å². The first kappa shape index (κ1) is 16.0. The monoisotopic (exact) mass is 349 g/mol. The predicted octanol–water partition coefficient (Wildman–Crippen LogP) is 2.32. The molecule has 0 unspecified atom stereocenters. The molecule has 1 N–H and O–H groups in total. The molecule has 0 saturated carbocycles. The highest BCUT2D eigenvalue weighted by Crippen LogP contribution is 2.35. The molecule has 0 fully saturated rings.